The second-order valence-electron chi connectivity index (χ2n) is 9.44. The van der Waals surface area contributed by atoms with Crippen LogP contribution in [0.5, 0.6) is 17.2 Å². The number of hydrogen-bond donors (Lipinski definition) is 0. The Morgan fingerprint density at radius 3 is 1.90 bits per heavy atom. The molecule has 0 N–H and O–H groups in total. The minimum absolute atomic E-state index is 0.379. The molecule has 4 aliphatic rings. The van der Waals surface area contributed by atoms with Crippen LogP contribution in [0.3, 0.4) is 0 Å². The van der Waals surface area contributed by atoms with E-state index in [4.69, 9.17) is 14.2 Å². The third kappa shape index (κ3) is 3.27. The molecule has 6 rings (SSSR count). The van der Waals surface area contributed by atoms with Gasteiger partial charge in [0.05, 0.1) is 21.3 Å². The highest BCUT2D eigenvalue weighted by Gasteiger charge is 2.56. The van der Waals surface area contributed by atoms with Gasteiger partial charge in [-0.15, -0.1) is 0 Å². The summed E-state index contributed by atoms with van der Waals surface area (Å²) in [6, 6.07) is 8.38. The number of methoxy groups -OCH3 is 3. The van der Waals surface area contributed by atoms with Gasteiger partial charge in [-0.3, -0.25) is 0 Å². The molecule has 0 unspecified atom stereocenters. The molecule has 0 saturated heterocycles. The average Bonchev–Trinajstić information content (AvgIpc) is 2.76. The molecule has 1 heterocycles. The number of ether oxygens (including phenoxy) is 3. The van der Waals surface area contributed by atoms with Gasteiger partial charge in [-0.1, -0.05) is 12.2 Å². The van der Waals surface area contributed by atoms with Gasteiger partial charge in [0, 0.05) is 37.0 Å². The molecule has 0 spiro atoms. The van der Waals surface area contributed by atoms with Crippen LogP contribution in [0.15, 0.2) is 36.7 Å². The molecule has 0 amide bonds. The topological polar surface area (TPSA) is 31.6 Å². The van der Waals surface area contributed by atoms with Gasteiger partial charge >= 0.3 is 0 Å². The maximum absolute atomic E-state index is 5.59. The molecule has 1 aromatic heterocycles. The fourth-order valence-corrected chi connectivity index (χ4v) is 6.69. The summed E-state index contributed by atoms with van der Waals surface area (Å²) < 4.78 is 19.0. The summed E-state index contributed by atoms with van der Waals surface area (Å²) in [6.45, 7) is 0. The van der Waals surface area contributed by atoms with Crippen LogP contribution in [-0.4, -0.2) is 21.3 Å². The molecule has 2 aromatic rings. The van der Waals surface area contributed by atoms with Gasteiger partial charge < -0.3 is 14.2 Å². The first-order chi connectivity index (χ1) is 14.6. The van der Waals surface area contributed by atoms with E-state index in [0.29, 0.717) is 22.8 Å². The molecule has 4 aliphatic carbocycles. The van der Waals surface area contributed by atoms with Crippen molar-refractivity contribution in [3.63, 3.8) is 0 Å². The van der Waals surface area contributed by atoms with Crippen molar-refractivity contribution < 1.29 is 18.8 Å². The van der Waals surface area contributed by atoms with Crippen LogP contribution in [-0.2, 0) is 5.54 Å². The number of nitrogens with zero attached hydrogens (tertiary/aromatic N) is 1. The summed E-state index contributed by atoms with van der Waals surface area (Å²) >= 11 is 0. The van der Waals surface area contributed by atoms with Gasteiger partial charge in [-0.25, -0.2) is 0 Å². The van der Waals surface area contributed by atoms with Crippen LogP contribution >= 0.6 is 0 Å². The van der Waals surface area contributed by atoms with E-state index in [-0.39, 0.29) is 0 Å². The SMILES string of the molecule is COc1ccc(/C=C/c2cc[n+](C34CC5CC(CC(C5)C3)C4)cc2)c(OC)c1OC. The van der Waals surface area contributed by atoms with Crippen molar-refractivity contribution in [2.45, 2.75) is 44.1 Å². The van der Waals surface area contributed by atoms with Crippen LogP contribution in [0, 0.1) is 17.8 Å². The summed E-state index contributed by atoms with van der Waals surface area (Å²) in [4.78, 5) is 0. The highest BCUT2D eigenvalue weighted by atomic mass is 16.5. The van der Waals surface area contributed by atoms with Gasteiger partial charge in [0.25, 0.3) is 0 Å². The summed E-state index contributed by atoms with van der Waals surface area (Å²) in [5.74, 6) is 4.85. The van der Waals surface area contributed by atoms with Crippen LogP contribution in [0.1, 0.15) is 49.7 Å². The lowest BCUT2D eigenvalue weighted by Gasteiger charge is -2.53. The molecule has 0 radical (unpaired) electrons. The molecule has 0 aliphatic heterocycles. The van der Waals surface area contributed by atoms with E-state index < -0.39 is 0 Å². The first-order valence-corrected chi connectivity index (χ1v) is 11.1. The highest BCUT2D eigenvalue weighted by Crippen LogP contribution is 2.56. The average molecular weight is 407 g/mol. The van der Waals surface area contributed by atoms with Crippen molar-refractivity contribution in [3.05, 3.63) is 47.8 Å². The molecule has 30 heavy (non-hydrogen) atoms. The van der Waals surface area contributed by atoms with Gasteiger partial charge in [-0.05, 0) is 54.7 Å². The summed E-state index contributed by atoms with van der Waals surface area (Å²) in [6.07, 6.45) is 17.4. The highest BCUT2D eigenvalue weighted by molar-refractivity contribution is 5.75. The molecule has 158 valence electrons. The van der Waals surface area contributed by atoms with E-state index in [0.717, 1.165) is 23.3 Å². The minimum atomic E-state index is 0.379. The Balaban J connectivity index is 1.38. The van der Waals surface area contributed by atoms with Crippen molar-refractivity contribution in [2.75, 3.05) is 21.3 Å². The molecule has 1 aromatic carbocycles. The molecule has 0 atom stereocenters. The Kier molecular flexibility index (Phi) is 4.96. The lowest BCUT2D eigenvalue weighted by molar-refractivity contribution is -0.776. The molecule has 4 nitrogen and oxygen atoms in total. The van der Waals surface area contributed by atoms with E-state index >= 15 is 0 Å². The maximum Gasteiger partial charge on any atom is 0.203 e. The summed E-state index contributed by atoms with van der Waals surface area (Å²) in [7, 11) is 4.93. The van der Waals surface area contributed by atoms with E-state index in [9.17, 15) is 0 Å². The fraction of sp³-hybridized carbons (Fsp3) is 0.500. The smallest absolute Gasteiger partial charge is 0.203 e. The minimum Gasteiger partial charge on any atom is -0.493 e. The van der Waals surface area contributed by atoms with Crippen LogP contribution < -0.4 is 18.8 Å². The van der Waals surface area contributed by atoms with Crippen molar-refractivity contribution in [1.29, 1.82) is 0 Å². The van der Waals surface area contributed by atoms with Crippen LogP contribution in [0.25, 0.3) is 12.2 Å². The molecule has 4 bridgehead atoms. The Morgan fingerprint density at radius 1 is 0.767 bits per heavy atom. The van der Waals surface area contributed by atoms with Crippen molar-refractivity contribution in [1.82, 2.24) is 0 Å². The van der Waals surface area contributed by atoms with Gasteiger partial charge in [0.15, 0.2) is 29.4 Å². The largest absolute Gasteiger partial charge is 0.493 e. The first kappa shape index (κ1) is 19.5. The zero-order valence-electron chi connectivity index (χ0n) is 18.3. The second kappa shape index (κ2) is 7.64. The number of aromatic nitrogens is 1. The molecular formula is C26H32NO3+. The number of rotatable bonds is 6. The standard InChI is InChI=1S/C26H32NO3/c1-28-23-7-6-22(24(29-2)25(23)30-3)5-4-18-8-10-27(11-9-18)26-15-19-12-20(16-26)14-21(13-19)17-26/h4-11,19-21H,12-17H2,1-3H3/q+1/b5-4+. The lowest BCUT2D eigenvalue weighted by Crippen LogP contribution is -2.64. The molecule has 4 fully saturated rings. The fourth-order valence-electron chi connectivity index (χ4n) is 6.69. The Labute approximate surface area is 179 Å². The summed E-state index contributed by atoms with van der Waals surface area (Å²) in [5.41, 5.74) is 2.53. The van der Waals surface area contributed by atoms with Gasteiger partial charge in [-0.2, -0.15) is 4.57 Å². The number of pyridine rings is 1. The number of hydrogen-bond acceptors (Lipinski definition) is 3. The zero-order valence-corrected chi connectivity index (χ0v) is 18.3. The lowest BCUT2D eigenvalue weighted by atomic mass is 9.53. The zero-order chi connectivity index (χ0) is 20.7. The molecule has 4 heteroatoms. The van der Waals surface area contributed by atoms with Crippen LogP contribution in [0.2, 0.25) is 0 Å². The Hall–Kier alpha value is -2.49. The monoisotopic (exact) mass is 406 g/mol. The molecule has 4 saturated carbocycles. The Bertz CT molecular complexity index is 912. The van der Waals surface area contributed by atoms with E-state index in [1.165, 1.54) is 44.1 Å². The van der Waals surface area contributed by atoms with E-state index in [1.807, 2.05) is 12.1 Å². The van der Waals surface area contributed by atoms with E-state index in [1.54, 1.807) is 21.3 Å². The normalized spacial score (nSPS) is 29.4. The number of benzene rings is 1. The van der Waals surface area contributed by atoms with Crippen LogP contribution in [0.4, 0.5) is 0 Å². The predicted octanol–water partition coefficient (Wildman–Crippen LogP) is 5.10. The quantitative estimate of drug-likeness (QED) is 0.626. The third-order valence-electron chi connectivity index (χ3n) is 7.60. The molecular weight excluding hydrogens is 374 g/mol. The van der Waals surface area contributed by atoms with Crippen molar-refractivity contribution in [2.24, 2.45) is 17.8 Å². The Morgan fingerprint density at radius 2 is 1.37 bits per heavy atom. The third-order valence-corrected chi connectivity index (χ3v) is 7.60. The van der Waals surface area contributed by atoms with Gasteiger partial charge in [0.2, 0.25) is 5.75 Å². The predicted molar refractivity (Wildman–Crippen MR) is 118 cm³/mol. The van der Waals surface area contributed by atoms with Crippen molar-refractivity contribution >= 4 is 12.2 Å². The first-order valence-electron chi connectivity index (χ1n) is 11.1. The summed E-state index contributed by atoms with van der Waals surface area (Å²) in [5, 5.41) is 0. The maximum atomic E-state index is 5.59. The van der Waals surface area contributed by atoms with E-state index in [2.05, 4.69) is 41.2 Å². The van der Waals surface area contributed by atoms with Gasteiger partial charge in [0.1, 0.15) is 0 Å². The van der Waals surface area contributed by atoms with Crippen molar-refractivity contribution in [3.8, 4) is 17.2 Å². The second-order valence-corrected chi connectivity index (χ2v) is 9.44.